The Labute approximate surface area is 97.1 Å². The van der Waals surface area contributed by atoms with E-state index in [9.17, 15) is 0 Å². The van der Waals surface area contributed by atoms with Crippen LogP contribution < -0.4 is 5.73 Å². The summed E-state index contributed by atoms with van der Waals surface area (Å²) in [4.78, 5) is 0. The lowest BCUT2D eigenvalue weighted by Crippen LogP contribution is -2.28. The molecule has 0 atom stereocenters. The van der Waals surface area contributed by atoms with Crippen molar-refractivity contribution in [3.63, 3.8) is 0 Å². The fourth-order valence-electron chi connectivity index (χ4n) is 2.17. The van der Waals surface area contributed by atoms with Crippen LogP contribution in [0.15, 0.2) is 24.4 Å². The number of nitrogens with zero attached hydrogens (tertiary/aromatic N) is 1. The Hall–Kier alpha value is -1.28. The van der Waals surface area contributed by atoms with Gasteiger partial charge < -0.3 is 10.3 Å². The minimum atomic E-state index is -0.286. The van der Waals surface area contributed by atoms with Crippen molar-refractivity contribution in [1.82, 2.24) is 4.57 Å². The molecule has 0 radical (unpaired) electrons. The van der Waals surface area contributed by atoms with Gasteiger partial charge in [0.25, 0.3) is 0 Å². The van der Waals surface area contributed by atoms with Crippen molar-refractivity contribution in [2.75, 3.05) is 0 Å². The van der Waals surface area contributed by atoms with E-state index in [1.54, 1.807) is 0 Å². The maximum atomic E-state index is 6.21. The van der Waals surface area contributed by atoms with E-state index in [0.717, 1.165) is 6.42 Å². The molecule has 16 heavy (non-hydrogen) atoms. The number of hydrogen-bond acceptors (Lipinski definition) is 1. The van der Waals surface area contributed by atoms with Gasteiger partial charge in [0, 0.05) is 29.7 Å². The lowest BCUT2D eigenvalue weighted by molar-refractivity contribution is 0.557. The third-order valence-electron chi connectivity index (χ3n) is 3.16. The predicted molar refractivity (Wildman–Crippen MR) is 69.5 cm³/mol. The molecule has 2 aromatic rings. The molecule has 0 spiro atoms. The van der Waals surface area contributed by atoms with E-state index in [-0.39, 0.29) is 5.54 Å². The molecule has 86 valence electrons. The molecule has 0 bridgehead atoms. The number of benzene rings is 1. The first-order valence-corrected chi connectivity index (χ1v) is 5.81. The molecule has 0 aliphatic heterocycles. The van der Waals surface area contributed by atoms with E-state index in [2.05, 4.69) is 56.8 Å². The summed E-state index contributed by atoms with van der Waals surface area (Å²) >= 11 is 0. The Morgan fingerprint density at radius 2 is 2.00 bits per heavy atom. The number of fused-ring (bicyclic) bond motifs is 1. The Morgan fingerprint density at radius 1 is 1.31 bits per heavy atom. The molecule has 1 aromatic carbocycles. The number of hydrogen-bond donors (Lipinski definition) is 1. The standard InChI is InChI=1S/C14H20N2/c1-5-10-6-7-13-11(8-10)12(9-16(13)4)14(2,3)15/h6-9H,5,15H2,1-4H3. The summed E-state index contributed by atoms with van der Waals surface area (Å²) in [5, 5.41) is 1.29. The van der Waals surface area contributed by atoms with E-state index in [1.165, 1.54) is 22.0 Å². The van der Waals surface area contributed by atoms with Gasteiger partial charge in [0.05, 0.1) is 0 Å². The van der Waals surface area contributed by atoms with Gasteiger partial charge in [-0.25, -0.2) is 0 Å². The first kappa shape index (κ1) is 11.2. The number of aromatic nitrogens is 1. The van der Waals surface area contributed by atoms with Gasteiger partial charge in [0.2, 0.25) is 0 Å². The summed E-state index contributed by atoms with van der Waals surface area (Å²) in [6.45, 7) is 6.29. The molecule has 2 nitrogen and oxygen atoms in total. The lowest BCUT2D eigenvalue weighted by Gasteiger charge is -2.17. The second kappa shape index (κ2) is 3.63. The van der Waals surface area contributed by atoms with Gasteiger partial charge >= 0.3 is 0 Å². The minimum absolute atomic E-state index is 0.286. The first-order chi connectivity index (χ1) is 7.43. The van der Waals surface area contributed by atoms with E-state index in [0.29, 0.717) is 0 Å². The molecule has 0 aliphatic rings. The van der Waals surface area contributed by atoms with Crippen molar-refractivity contribution in [3.8, 4) is 0 Å². The van der Waals surface area contributed by atoms with Crippen molar-refractivity contribution in [3.05, 3.63) is 35.5 Å². The third-order valence-corrected chi connectivity index (χ3v) is 3.16. The van der Waals surface area contributed by atoms with Crippen LogP contribution in [0, 0.1) is 0 Å². The smallest absolute Gasteiger partial charge is 0.0481 e. The molecule has 0 aliphatic carbocycles. The fourth-order valence-corrected chi connectivity index (χ4v) is 2.17. The number of aryl methyl sites for hydroxylation is 2. The summed E-state index contributed by atoms with van der Waals surface area (Å²) in [5.41, 5.74) is 9.77. The molecule has 0 unspecified atom stereocenters. The van der Waals surface area contributed by atoms with E-state index in [4.69, 9.17) is 5.73 Å². The molecule has 0 amide bonds. The summed E-state index contributed by atoms with van der Waals surface area (Å²) in [5.74, 6) is 0. The Bertz CT molecular complexity index is 515. The summed E-state index contributed by atoms with van der Waals surface area (Å²) < 4.78 is 2.15. The zero-order chi connectivity index (χ0) is 11.9. The summed E-state index contributed by atoms with van der Waals surface area (Å²) in [6, 6.07) is 6.64. The van der Waals surface area contributed by atoms with Gasteiger partial charge in [-0.2, -0.15) is 0 Å². The molecular weight excluding hydrogens is 196 g/mol. The van der Waals surface area contributed by atoms with Gasteiger partial charge in [-0.15, -0.1) is 0 Å². The van der Waals surface area contributed by atoms with Crippen LogP contribution in [0.25, 0.3) is 10.9 Å². The Kier molecular flexibility index (Phi) is 2.55. The summed E-state index contributed by atoms with van der Waals surface area (Å²) in [6.07, 6.45) is 3.21. The zero-order valence-electron chi connectivity index (χ0n) is 10.5. The van der Waals surface area contributed by atoms with Crippen LogP contribution in [0.3, 0.4) is 0 Å². The van der Waals surface area contributed by atoms with E-state index >= 15 is 0 Å². The highest BCUT2D eigenvalue weighted by Gasteiger charge is 2.19. The SMILES string of the molecule is CCc1ccc2c(c1)c(C(C)(C)N)cn2C. The zero-order valence-corrected chi connectivity index (χ0v) is 10.5. The van der Waals surface area contributed by atoms with Crippen LogP contribution in [0.4, 0.5) is 0 Å². The van der Waals surface area contributed by atoms with Crippen LogP contribution in [-0.4, -0.2) is 4.57 Å². The average Bonchev–Trinajstić information content (AvgIpc) is 2.55. The maximum absolute atomic E-state index is 6.21. The van der Waals surface area contributed by atoms with Crippen LogP contribution in [0.2, 0.25) is 0 Å². The van der Waals surface area contributed by atoms with Crippen LogP contribution in [-0.2, 0) is 19.0 Å². The van der Waals surface area contributed by atoms with Crippen molar-refractivity contribution in [2.45, 2.75) is 32.7 Å². The maximum Gasteiger partial charge on any atom is 0.0481 e. The second-order valence-electron chi connectivity index (χ2n) is 5.08. The monoisotopic (exact) mass is 216 g/mol. The molecule has 1 heterocycles. The normalized spacial score (nSPS) is 12.3. The van der Waals surface area contributed by atoms with Crippen molar-refractivity contribution < 1.29 is 0 Å². The van der Waals surface area contributed by atoms with E-state index < -0.39 is 0 Å². The average molecular weight is 216 g/mol. The molecule has 0 saturated heterocycles. The summed E-state index contributed by atoms with van der Waals surface area (Å²) in [7, 11) is 2.07. The van der Waals surface area contributed by atoms with E-state index in [1.807, 2.05) is 0 Å². The third kappa shape index (κ3) is 1.74. The molecule has 0 fully saturated rings. The molecule has 2 heteroatoms. The van der Waals surface area contributed by atoms with Crippen LogP contribution >= 0.6 is 0 Å². The minimum Gasteiger partial charge on any atom is -0.350 e. The van der Waals surface area contributed by atoms with Crippen LogP contribution in [0.1, 0.15) is 31.9 Å². The second-order valence-corrected chi connectivity index (χ2v) is 5.08. The number of rotatable bonds is 2. The largest absolute Gasteiger partial charge is 0.350 e. The molecular formula is C14H20N2. The lowest BCUT2D eigenvalue weighted by atomic mass is 9.94. The highest BCUT2D eigenvalue weighted by molar-refractivity contribution is 5.85. The first-order valence-electron chi connectivity index (χ1n) is 5.81. The molecule has 0 saturated carbocycles. The number of nitrogens with two attached hydrogens (primary N) is 1. The highest BCUT2D eigenvalue weighted by Crippen LogP contribution is 2.29. The van der Waals surface area contributed by atoms with Gasteiger partial charge in [-0.05, 0) is 43.5 Å². The van der Waals surface area contributed by atoms with Crippen LogP contribution in [0.5, 0.6) is 0 Å². The quantitative estimate of drug-likeness (QED) is 0.822. The van der Waals surface area contributed by atoms with Gasteiger partial charge in [0.15, 0.2) is 0 Å². The Morgan fingerprint density at radius 3 is 2.56 bits per heavy atom. The fraction of sp³-hybridized carbons (Fsp3) is 0.429. The van der Waals surface area contributed by atoms with Crippen molar-refractivity contribution in [2.24, 2.45) is 12.8 Å². The predicted octanol–water partition coefficient (Wildman–Crippen LogP) is 2.93. The van der Waals surface area contributed by atoms with Gasteiger partial charge in [-0.3, -0.25) is 0 Å². The molecule has 1 aromatic heterocycles. The van der Waals surface area contributed by atoms with Crippen molar-refractivity contribution in [1.29, 1.82) is 0 Å². The Balaban J connectivity index is 2.75. The van der Waals surface area contributed by atoms with Crippen molar-refractivity contribution >= 4 is 10.9 Å². The molecule has 2 N–H and O–H groups in total. The topological polar surface area (TPSA) is 30.9 Å². The highest BCUT2D eigenvalue weighted by atomic mass is 14.9. The van der Waals surface area contributed by atoms with Gasteiger partial charge in [-0.1, -0.05) is 13.0 Å². The molecule has 2 rings (SSSR count). The van der Waals surface area contributed by atoms with Gasteiger partial charge in [0.1, 0.15) is 0 Å².